The predicted molar refractivity (Wildman–Crippen MR) is 61.1 cm³/mol. The quantitative estimate of drug-likeness (QED) is 0.623. The third-order valence-electron chi connectivity index (χ3n) is 1.92. The largest absolute Gasteiger partial charge is 0.467 e. The zero-order valence-corrected chi connectivity index (χ0v) is 9.44. The summed E-state index contributed by atoms with van der Waals surface area (Å²) in [4.78, 5) is 19.1. The van der Waals surface area contributed by atoms with E-state index in [9.17, 15) is 4.79 Å². The SMILES string of the molecule is CNc1cc(NC(C)C(=O)OC)nc(N)n1. The number of anilines is 3. The standard InChI is InChI=1S/C9H15N5O2/c1-5(8(15)16-3)12-7-4-6(11-2)13-9(10)14-7/h4-5H,1-3H3,(H4,10,11,12,13,14). The normalized spacial score (nSPS) is 11.7. The van der Waals surface area contributed by atoms with Crippen LogP contribution in [0.1, 0.15) is 6.92 Å². The number of hydrogen-bond acceptors (Lipinski definition) is 7. The van der Waals surface area contributed by atoms with Gasteiger partial charge < -0.3 is 21.1 Å². The molecule has 0 radical (unpaired) electrons. The predicted octanol–water partition coefficient (Wildman–Crippen LogP) is 0.0739. The summed E-state index contributed by atoms with van der Waals surface area (Å²) >= 11 is 0. The minimum atomic E-state index is -0.496. The van der Waals surface area contributed by atoms with Gasteiger partial charge in [0.05, 0.1) is 7.11 Å². The van der Waals surface area contributed by atoms with Gasteiger partial charge in [-0.05, 0) is 6.92 Å². The summed E-state index contributed by atoms with van der Waals surface area (Å²) in [7, 11) is 3.04. The molecule has 88 valence electrons. The smallest absolute Gasteiger partial charge is 0.328 e. The Labute approximate surface area is 93.4 Å². The highest BCUT2D eigenvalue weighted by Crippen LogP contribution is 2.12. The van der Waals surface area contributed by atoms with Crippen LogP contribution < -0.4 is 16.4 Å². The van der Waals surface area contributed by atoms with Crippen molar-refractivity contribution in [1.29, 1.82) is 0 Å². The molecular weight excluding hydrogens is 210 g/mol. The van der Waals surface area contributed by atoms with Gasteiger partial charge in [-0.3, -0.25) is 0 Å². The molecule has 0 aliphatic carbocycles. The van der Waals surface area contributed by atoms with Gasteiger partial charge in [0.15, 0.2) is 0 Å². The van der Waals surface area contributed by atoms with Gasteiger partial charge in [-0.1, -0.05) is 0 Å². The van der Waals surface area contributed by atoms with E-state index in [0.29, 0.717) is 11.6 Å². The molecule has 1 aromatic heterocycles. The van der Waals surface area contributed by atoms with Gasteiger partial charge in [0, 0.05) is 13.1 Å². The third-order valence-corrected chi connectivity index (χ3v) is 1.92. The first-order valence-electron chi connectivity index (χ1n) is 4.73. The average molecular weight is 225 g/mol. The Balaban J connectivity index is 2.80. The lowest BCUT2D eigenvalue weighted by atomic mass is 10.3. The van der Waals surface area contributed by atoms with E-state index in [1.54, 1.807) is 20.0 Å². The van der Waals surface area contributed by atoms with Crippen molar-refractivity contribution in [2.75, 3.05) is 30.5 Å². The van der Waals surface area contributed by atoms with E-state index in [0.717, 1.165) is 0 Å². The molecule has 7 heteroatoms. The van der Waals surface area contributed by atoms with Crippen LogP contribution in [0.2, 0.25) is 0 Å². The van der Waals surface area contributed by atoms with Crippen molar-refractivity contribution in [3.63, 3.8) is 0 Å². The fraction of sp³-hybridized carbons (Fsp3) is 0.444. The number of nitrogens with two attached hydrogens (primary N) is 1. The summed E-state index contributed by atoms with van der Waals surface area (Å²) in [5.41, 5.74) is 5.50. The monoisotopic (exact) mass is 225 g/mol. The topological polar surface area (TPSA) is 102 Å². The molecule has 0 aliphatic rings. The van der Waals surface area contributed by atoms with Crippen molar-refractivity contribution in [3.8, 4) is 0 Å². The van der Waals surface area contributed by atoms with E-state index in [2.05, 4.69) is 25.3 Å². The number of nitrogens with zero attached hydrogens (tertiary/aromatic N) is 2. The summed E-state index contributed by atoms with van der Waals surface area (Å²) in [6.45, 7) is 1.67. The van der Waals surface area contributed by atoms with Crippen LogP contribution in [0, 0.1) is 0 Å². The number of carbonyl (C=O) groups excluding carboxylic acids is 1. The van der Waals surface area contributed by atoms with Crippen LogP contribution in [-0.4, -0.2) is 36.1 Å². The molecule has 1 unspecified atom stereocenters. The van der Waals surface area contributed by atoms with Crippen molar-refractivity contribution in [2.45, 2.75) is 13.0 Å². The second-order valence-electron chi connectivity index (χ2n) is 3.14. The molecule has 0 aliphatic heterocycles. The molecule has 7 nitrogen and oxygen atoms in total. The van der Waals surface area contributed by atoms with Crippen LogP contribution in [0.3, 0.4) is 0 Å². The number of ether oxygens (including phenoxy) is 1. The number of hydrogen-bond donors (Lipinski definition) is 3. The molecule has 0 spiro atoms. The maximum absolute atomic E-state index is 11.2. The summed E-state index contributed by atoms with van der Waals surface area (Å²) < 4.78 is 4.58. The van der Waals surface area contributed by atoms with Gasteiger partial charge in [0.2, 0.25) is 5.95 Å². The first-order chi connectivity index (χ1) is 7.56. The zero-order valence-electron chi connectivity index (χ0n) is 9.44. The molecule has 0 bridgehead atoms. The third kappa shape index (κ3) is 2.97. The van der Waals surface area contributed by atoms with Crippen molar-refractivity contribution < 1.29 is 9.53 Å². The summed E-state index contributed by atoms with van der Waals surface area (Å²) in [6, 6.07) is 1.15. The van der Waals surface area contributed by atoms with Crippen molar-refractivity contribution in [2.24, 2.45) is 0 Å². The Bertz CT molecular complexity index is 382. The molecule has 1 heterocycles. The molecule has 1 aromatic rings. The second-order valence-corrected chi connectivity index (χ2v) is 3.14. The minimum Gasteiger partial charge on any atom is -0.467 e. The molecule has 0 amide bonds. The number of carbonyl (C=O) groups is 1. The van der Waals surface area contributed by atoms with Gasteiger partial charge in [-0.25, -0.2) is 4.79 Å². The van der Waals surface area contributed by atoms with Gasteiger partial charge in [-0.2, -0.15) is 9.97 Å². The molecule has 0 fully saturated rings. The minimum absolute atomic E-state index is 0.131. The second kappa shape index (κ2) is 5.15. The highest BCUT2D eigenvalue weighted by atomic mass is 16.5. The highest BCUT2D eigenvalue weighted by Gasteiger charge is 2.13. The molecule has 4 N–H and O–H groups in total. The maximum Gasteiger partial charge on any atom is 0.328 e. The Hall–Kier alpha value is -2.05. The number of esters is 1. The highest BCUT2D eigenvalue weighted by molar-refractivity contribution is 5.78. The van der Waals surface area contributed by atoms with E-state index in [-0.39, 0.29) is 11.9 Å². The number of rotatable bonds is 4. The molecule has 1 rings (SSSR count). The van der Waals surface area contributed by atoms with E-state index in [1.165, 1.54) is 7.11 Å². The number of nitrogens with one attached hydrogen (secondary N) is 2. The lowest BCUT2D eigenvalue weighted by molar-refractivity contribution is -0.141. The Morgan fingerprint density at radius 3 is 2.69 bits per heavy atom. The van der Waals surface area contributed by atoms with Crippen LogP contribution in [0.25, 0.3) is 0 Å². The van der Waals surface area contributed by atoms with Crippen LogP contribution in [0.5, 0.6) is 0 Å². The molecule has 0 saturated heterocycles. The van der Waals surface area contributed by atoms with Gasteiger partial charge >= 0.3 is 5.97 Å². The maximum atomic E-state index is 11.2. The lowest BCUT2D eigenvalue weighted by Gasteiger charge is -2.12. The zero-order chi connectivity index (χ0) is 12.1. The summed E-state index contributed by atoms with van der Waals surface area (Å²) in [6.07, 6.45) is 0. The van der Waals surface area contributed by atoms with Gasteiger partial charge in [-0.15, -0.1) is 0 Å². The Morgan fingerprint density at radius 1 is 1.50 bits per heavy atom. The van der Waals surface area contributed by atoms with Gasteiger partial charge in [0.25, 0.3) is 0 Å². The van der Waals surface area contributed by atoms with Crippen molar-refractivity contribution in [1.82, 2.24) is 9.97 Å². The van der Waals surface area contributed by atoms with Crippen LogP contribution in [0.15, 0.2) is 6.07 Å². The number of aromatic nitrogens is 2. The fourth-order valence-electron chi connectivity index (χ4n) is 1.13. The molecule has 16 heavy (non-hydrogen) atoms. The van der Waals surface area contributed by atoms with E-state index in [1.807, 2.05) is 0 Å². The average Bonchev–Trinajstić information content (AvgIpc) is 2.26. The molecule has 0 aromatic carbocycles. The molecule has 0 saturated carbocycles. The van der Waals surface area contributed by atoms with Crippen molar-refractivity contribution in [3.05, 3.63) is 6.07 Å². The molecular formula is C9H15N5O2. The van der Waals surface area contributed by atoms with Crippen LogP contribution >= 0.6 is 0 Å². The van der Waals surface area contributed by atoms with Crippen molar-refractivity contribution >= 4 is 23.6 Å². The first-order valence-corrected chi connectivity index (χ1v) is 4.73. The fourth-order valence-corrected chi connectivity index (χ4v) is 1.13. The number of nitrogen functional groups attached to an aromatic ring is 1. The van der Waals surface area contributed by atoms with Gasteiger partial charge in [0.1, 0.15) is 17.7 Å². The summed E-state index contributed by atoms with van der Waals surface area (Å²) in [5, 5.41) is 5.70. The van der Waals surface area contributed by atoms with E-state index >= 15 is 0 Å². The number of methoxy groups -OCH3 is 1. The van der Waals surface area contributed by atoms with E-state index < -0.39 is 6.04 Å². The Kier molecular flexibility index (Phi) is 3.87. The summed E-state index contributed by atoms with van der Waals surface area (Å²) in [5.74, 6) is 0.802. The first kappa shape index (κ1) is 12.0. The lowest BCUT2D eigenvalue weighted by Crippen LogP contribution is -2.27. The van der Waals surface area contributed by atoms with E-state index in [4.69, 9.17) is 5.73 Å². The molecule has 1 atom stereocenters. The Morgan fingerprint density at radius 2 is 2.12 bits per heavy atom. The van der Waals surface area contributed by atoms with Crippen LogP contribution in [0.4, 0.5) is 17.6 Å². The van der Waals surface area contributed by atoms with Crippen LogP contribution in [-0.2, 0) is 9.53 Å².